The molecule has 20 heavy (non-hydrogen) atoms. The molecule has 0 atom stereocenters. The summed E-state index contributed by atoms with van der Waals surface area (Å²) < 4.78 is 38.1. The van der Waals surface area contributed by atoms with Gasteiger partial charge >= 0.3 is 6.18 Å². The van der Waals surface area contributed by atoms with Crippen molar-refractivity contribution in [1.29, 1.82) is 0 Å². The van der Waals surface area contributed by atoms with E-state index in [0.717, 1.165) is 17.7 Å². The second-order valence-corrected chi connectivity index (χ2v) is 4.60. The Morgan fingerprint density at radius 3 is 2.60 bits per heavy atom. The van der Waals surface area contributed by atoms with E-state index in [1.54, 1.807) is 18.5 Å². The van der Waals surface area contributed by atoms with E-state index in [4.69, 9.17) is 11.6 Å². The van der Waals surface area contributed by atoms with Gasteiger partial charge in [-0.2, -0.15) is 18.3 Å². The highest BCUT2D eigenvalue weighted by molar-refractivity contribution is 6.30. The molecular formula is C13H7ClF3N3. The molecule has 0 aliphatic rings. The molecule has 1 aromatic carbocycles. The van der Waals surface area contributed by atoms with Crippen molar-refractivity contribution in [3.63, 3.8) is 0 Å². The fourth-order valence-corrected chi connectivity index (χ4v) is 2.21. The number of alkyl halides is 3. The van der Waals surface area contributed by atoms with E-state index in [-0.39, 0.29) is 10.7 Å². The molecule has 3 rings (SSSR count). The number of aromatic amines is 1. The van der Waals surface area contributed by atoms with Gasteiger partial charge in [0.2, 0.25) is 0 Å². The number of nitrogens with zero attached hydrogens (tertiary/aromatic N) is 2. The highest BCUT2D eigenvalue weighted by Gasteiger charge is 2.30. The molecule has 0 aliphatic carbocycles. The van der Waals surface area contributed by atoms with Gasteiger partial charge < -0.3 is 0 Å². The molecular weight excluding hydrogens is 291 g/mol. The molecule has 2 heterocycles. The minimum absolute atomic E-state index is 0.132. The average molecular weight is 298 g/mol. The van der Waals surface area contributed by atoms with Crippen LogP contribution in [-0.2, 0) is 6.18 Å². The number of nitrogens with one attached hydrogen (secondary N) is 1. The van der Waals surface area contributed by atoms with Gasteiger partial charge in [-0.05, 0) is 23.8 Å². The molecule has 102 valence electrons. The van der Waals surface area contributed by atoms with Gasteiger partial charge in [0, 0.05) is 17.1 Å². The van der Waals surface area contributed by atoms with Gasteiger partial charge in [-0.25, -0.2) is 4.98 Å². The van der Waals surface area contributed by atoms with E-state index in [9.17, 15) is 13.2 Å². The van der Waals surface area contributed by atoms with E-state index in [0.29, 0.717) is 10.9 Å². The summed E-state index contributed by atoms with van der Waals surface area (Å²) in [5.74, 6) is 0. The summed E-state index contributed by atoms with van der Waals surface area (Å²) in [5, 5.41) is 7.20. The molecule has 0 unspecified atom stereocenters. The standard InChI is InChI=1S/C13H7ClF3N3/c14-12-4-10(7-5-18-19-6-7)9-2-1-8(13(15,16)17)3-11(9)20-12/h1-6H,(H,18,19). The van der Waals surface area contributed by atoms with E-state index < -0.39 is 11.7 Å². The Morgan fingerprint density at radius 2 is 1.95 bits per heavy atom. The summed E-state index contributed by atoms with van der Waals surface area (Å²) in [6, 6.07) is 5.01. The van der Waals surface area contributed by atoms with Crippen LogP contribution in [0.3, 0.4) is 0 Å². The molecule has 0 bridgehead atoms. The van der Waals surface area contributed by atoms with Gasteiger partial charge in [-0.1, -0.05) is 17.7 Å². The average Bonchev–Trinajstić information content (AvgIpc) is 2.89. The molecule has 0 amide bonds. The zero-order chi connectivity index (χ0) is 14.3. The van der Waals surface area contributed by atoms with E-state index in [1.165, 1.54) is 6.07 Å². The maximum atomic E-state index is 12.7. The van der Waals surface area contributed by atoms with Crippen molar-refractivity contribution in [1.82, 2.24) is 15.2 Å². The van der Waals surface area contributed by atoms with Crippen LogP contribution in [0.5, 0.6) is 0 Å². The molecule has 3 nitrogen and oxygen atoms in total. The van der Waals surface area contributed by atoms with Crippen molar-refractivity contribution in [2.45, 2.75) is 6.18 Å². The van der Waals surface area contributed by atoms with Gasteiger partial charge in [0.1, 0.15) is 5.15 Å². The zero-order valence-electron chi connectivity index (χ0n) is 9.87. The van der Waals surface area contributed by atoms with Gasteiger partial charge in [0.15, 0.2) is 0 Å². The summed E-state index contributed by atoms with van der Waals surface area (Å²) >= 11 is 5.88. The Hall–Kier alpha value is -2.08. The Morgan fingerprint density at radius 1 is 1.15 bits per heavy atom. The van der Waals surface area contributed by atoms with Gasteiger partial charge in [-0.3, -0.25) is 5.10 Å². The van der Waals surface area contributed by atoms with Gasteiger partial charge in [0.25, 0.3) is 0 Å². The second-order valence-electron chi connectivity index (χ2n) is 4.21. The number of benzene rings is 1. The van der Waals surface area contributed by atoms with Crippen LogP contribution >= 0.6 is 11.6 Å². The summed E-state index contributed by atoms with van der Waals surface area (Å²) in [6.07, 6.45) is -1.19. The lowest BCUT2D eigenvalue weighted by molar-refractivity contribution is -0.137. The maximum absolute atomic E-state index is 12.7. The van der Waals surface area contributed by atoms with E-state index in [2.05, 4.69) is 15.2 Å². The topological polar surface area (TPSA) is 41.6 Å². The summed E-state index contributed by atoms with van der Waals surface area (Å²) in [4.78, 5) is 3.96. The van der Waals surface area contributed by atoms with Crippen LogP contribution in [0, 0.1) is 0 Å². The van der Waals surface area contributed by atoms with Crippen LogP contribution in [0.2, 0.25) is 5.15 Å². The molecule has 0 spiro atoms. The number of fused-ring (bicyclic) bond motifs is 1. The van der Waals surface area contributed by atoms with Crippen molar-refractivity contribution in [3.05, 3.63) is 47.4 Å². The molecule has 3 aromatic rings. The summed E-state index contributed by atoms with van der Waals surface area (Å²) in [5.41, 5.74) is 0.864. The van der Waals surface area contributed by atoms with E-state index >= 15 is 0 Å². The highest BCUT2D eigenvalue weighted by Crippen LogP contribution is 2.34. The Labute approximate surface area is 116 Å². The third-order valence-electron chi connectivity index (χ3n) is 2.92. The first-order valence-corrected chi connectivity index (χ1v) is 5.99. The predicted octanol–water partition coefficient (Wildman–Crippen LogP) is 4.30. The molecule has 0 saturated carbocycles. The smallest absolute Gasteiger partial charge is 0.285 e. The first kappa shape index (κ1) is 12.9. The number of H-pyrrole nitrogens is 1. The first-order chi connectivity index (χ1) is 9.45. The largest absolute Gasteiger partial charge is 0.416 e. The van der Waals surface area contributed by atoms with Crippen molar-refractivity contribution < 1.29 is 13.2 Å². The molecule has 0 fully saturated rings. The molecule has 0 aliphatic heterocycles. The van der Waals surface area contributed by atoms with Crippen LogP contribution in [0.15, 0.2) is 36.7 Å². The number of hydrogen-bond donors (Lipinski definition) is 1. The minimum Gasteiger partial charge on any atom is -0.285 e. The predicted molar refractivity (Wildman–Crippen MR) is 69.3 cm³/mol. The first-order valence-electron chi connectivity index (χ1n) is 5.62. The van der Waals surface area contributed by atoms with Crippen molar-refractivity contribution in [2.75, 3.05) is 0 Å². The Balaban J connectivity index is 2.28. The lowest BCUT2D eigenvalue weighted by Crippen LogP contribution is -2.04. The Kier molecular flexibility index (Phi) is 2.90. The summed E-state index contributed by atoms with van der Waals surface area (Å²) in [6.45, 7) is 0. The van der Waals surface area contributed by atoms with E-state index in [1.807, 2.05) is 0 Å². The summed E-state index contributed by atoms with van der Waals surface area (Å²) in [7, 11) is 0. The molecule has 2 aromatic heterocycles. The van der Waals surface area contributed by atoms with Crippen molar-refractivity contribution in [2.24, 2.45) is 0 Å². The SMILES string of the molecule is FC(F)(F)c1ccc2c(-c3cn[nH]c3)cc(Cl)nc2c1. The number of pyridine rings is 1. The second kappa shape index (κ2) is 4.49. The maximum Gasteiger partial charge on any atom is 0.416 e. The lowest BCUT2D eigenvalue weighted by atomic mass is 10.0. The monoisotopic (exact) mass is 297 g/mol. The lowest BCUT2D eigenvalue weighted by Gasteiger charge is -2.10. The molecule has 1 N–H and O–H groups in total. The van der Waals surface area contributed by atoms with Crippen molar-refractivity contribution >= 4 is 22.5 Å². The fraction of sp³-hybridized carbons (Fsp3) is 0.0769. The molecule has 0 saturated heterocycles. The molecule has 0 radical (unpaired) electrons. The number of hydrogen-bond acceptors (Lipinski definition) is 2. The van der Waals surface area contributed by atoms with Crippen LogP contribution in [-0.4, -0.2) is 15.2 Å². The number of aromatic nitrogens is 3. The normalized spacial score (nSPS) is 12.0. The van der Waals surface area contributed by atoms with Crippen molar-refractivity contribution in [3.8, 4) is 11.1 Å². The number of rotatable bonds is 1. The zero-order valence-corrected chi connectivity index (χ0v) is 10.6. The third kappa shape index (κ3) is 2.22. The molecule has 7 heteroatoms. The van der Waals surface area contributed by atoms with Crippen LogP contribution < -0.4 is 0 Å². The van der Waals surface area contributed by atoms with Crippen LogP contribution in [0.1, 0.15) is 5.56 Å². The highest BCUT2D eigenvalue weighted by atomic mass is 35.5. The van der Waals surface area contributed by atoms with Crippen LogP contribution in [0.25, 0.3) is 22.0 Å². The number of halogens is 4. The Bertz CT molecular complexity index is 766. The quantitative estimate of drug-likeness (QED) is 0.681. The van der Waals surface area contributed by atoms with Gasteiger partial charge in [0.05, 0.1) is 17.3 Å². The van der Waals surface area contributed by atoms with Gasteiger partial charge in [-0.15, -0.1) is 0 Å². The van der Waals surface area contributed by atoms with Crippen LogP contribution in [0.4, 0.5) is 13.2 Å². The minimum atomic E-state index is -4.41. The third-order valence-corrected chi connectivity index (χ3v) is 3.11. The fourth-order valence-electron chi connectivity index (χ4n) is 2.01.